The Labute approximate surface area is 94.3 Å². The van der Waals surface area contributed by atoms with Gasteiger partial charge in [-0.3, -0.25) is 4.79 Å². The highest BCUT2D eigenvalue weighted by molar-refractivity contribution is 5.84. The van der Waals surface area contributed by atoms with Crippen LogP contribution in [0, 0.1) is 0 Å². The van der Waals surface area contributed by atoms with Crippen molar-refractivity contribution in [1.82, 2.24) is 5.32 Å². The largest absolute Gasteiger partial charge is 0.349 e. The quantitative estimate of drug-likeness (QED) is 0.772. The Bertz CT molecular complexity index is 547. The van der Waals surface area contributed by atoms with E-state index in [1.54, 1.807) is 0 Å². The molecule has 0 bridgehead atoms. The number of hydrogen-bond acceptors (Lipinski definition) is 1. The van der Waals surface area contributed by atoms with Crippen LogP contribution in [0.5, 0.6) is 0 Å². The maximum absolute atomic E-state index is 11.2. The molecule has 1 amide bonds. The van der Waals surface area contributed by atoms with E-state index in [-0.39, 0.29) is 11.9 Å². The molecule has 0 radical (unpaired) electrons. The lowest BCUT2D eigenvalue weighted by molar-refractivity contribution is -0.119. The van der Waals surface area contributed by atoms with E-state index in [1.807, 2.05) is 12.1 Å². The van der Waals surface area contributed by atoms with Gasteiger partial charge in [-0.15, -0.1) is 0 Å². The SMILES string of the molecule is O=C1CC[C@@H](c2ccc3ccccc3c2)N1. The van der Waals surface area contributed by atoms with Gasteiger partial charge in [-0.05, 0) is 28.8 Å². The highest BCUT2D eigenvalue weighted by atomic mass is 16.1. The highest BCUT2D eigenvalue weighted by Crippen LogP contribution is 2.26. The van der Waals surface area contributed by atoms with E-state index in [4.69, 9.17) is 0 Å². The number of amides is 1. The average molecular weight is 211 g/mol. The number of rotatable bonds is 1. The van der Waals surface area contributed by atoms with Crippen LogP contribution in [0.1, 0.15) is 24.4 Å². The summed E-state index contributed by atoms with van der Waals surface area (Å²) in [5, 5.41) is 5.48. The minimum absolute atomic E-state index is 0.165. The van der Waals surface area contributed by atoms with E-state index in [0.717, 1.165) is 6.42 Å². The van der Waals surface area contributed by atoms with Crippen molar-refractivity contribution in [3.05, 3.63) is 48.0 Å². The number of benzene rings is 2. The molecule has 0 aromatic heterocycles. The van der Waals surface area contributed by atoms with Crippen molar-refractivity contribution in [2.24, 2.45) is 0 Å². The van der Waals surface area contributed by atoms with Gasteiger partial charge < -0.3 is 5.32 Å². The van der Waals surface area contributed by atoms with Crippen LogP contribution in [0.2, 0.25) is 0 Å². The van der Waals surface area contributed by atoms with Crippen molar-refractivity contribution in [3.63, 3.8) is 0 Å². The number of carbonyl (C=O) groups excluding carboxylic acids is 1. The van der Waals surface area contributed by atoms with E-state index >= 15 is 0 Å². The first-order valence-corrected chi connectivity index (χ1v) is 5.61. The normalized spacial score (nSPS) is 20.0. The predicted molar refractivity (Wildman–Crippen MR) is 64.1 cm³/mol. The average Bonchev–Trinajstić information content (AvgIpc) is 2.75. The van der Waals surface area contributed by atoms with Crippen LogP contribution in [0.3, 0.4) is 0 Å². The zero-order valence-corrected chi connectivity index (χ0v) is 8.94. The van der Waals surface area contributed by atoms with Crippen LogP contribution in [-0.4, -0.2) is 5.91 Å². The van der Waals surface area contributed by atoms with Crippen molar-refractivity contribution >= 4 is 16.7 Å². The molecule has 3 rings (SSSR count). The van der Waals surface area contributed by atoms with Gasteiger partial charge in [0.05, 0.1) is 6.04 Å². The molecule has 0 saturated carbocycles. The molecule has 1 saturated heterocycles. The number of hydrogen-bond donors (Lipinski definition) is 1. The molecule has 2 heteroatoms. The van der Waals surface area contributed by atoms with Gasteiger partial charge in [-0.25, -0.2) is 0 Å². The molecule has 0 aliphatic carbocycles. The van der Waals surface area contributed by atoms with Gasteiger partial charge in [-0.1, -0.05) is 36.4 Å². The standard InChI is InChI=1S/C14H13NO/c16-14-8-7-13(15-14)12-6-5-10-3-1-2-4-11(10)9-12/h1-6,9,13H,7-8H2,(H,15,16)/t13-/m0/s1. The summed E-state index contributed by atoms with van der Waals surface area (Å²) in [4.78, 5) is 11.2. The van der Waals surface area contributed by atoms with Gasteiger partial charge in [0.2, 0.25) is 5.91 Å². The van der Waals surface area contributed by atoms with Crippen LogP contribution in [0.4, 0.5) is 0 Å². The summed E-state index contributed by atoms with van der Waals surface area (Å²) >= 11 is 0. The molecule has 1 N–H and O–H groups in total. The topological polar surface area (TPSA) is 29.1 Å². The third kappa shape index (κ3) is 1.56. The lowest BCUT2D eigenvalue weighted by Crippen LogP contribution is -2.18. The van der Waals surface area contributed by atoms with Crippen LogP contribution in [0.25, 0.3) is 10.8 Å². The summed E-state index contributed by atoms with van der Waals surface area (Å²) in [7, 11) is 0. The van der Waals surface area contributed by atoms with E-state index in [2.05, 4.69) is 35.6 Å². The van der Waals surface area contributed by atoms with Gasteiger partial charge in [0.25, 0.3) is 0 Å². The fraction of sp³-hybridized carbons (Fsp3) is 0.214. The molecule has 1 aliphatic rings. The summed E-state index contributed by atoms with van der Waals surface area (Å²) in [6.07, 6.45) is 1.56. The summed E-state index contributed by atoms with van der Waals surface area (Å²) < 4.78 is 0. The molecular formula is C14H13NO. The third-order valence-corrected chi connectivity index (χ3v) is 3.17. The Morgan fingerprint density at radius 3 is 2.62 bits per heavy atom. The second kappa shape index (κ2) is 3.63. The molecule has 1 heterocycles. The monoisotopic (exact) mass is 211 g/mol. The fourth-order valence-electron chi connectivity index (χ4n) is 2.29. The molecular weight excluding hydrogens is 198 g/mol. The number of carbonyl (C=O) groups is 1. The Kier molecular flexibility index (Phi) is 2.13. The van der Waals surface area contributed by atoms with Gasteiger partial charge in [0.1, 0.15) is 0 Å². The van der Waals surface area contributed by atoms with Gasteiger partial charge in [-0.2, -0.15) is 0 Å². The maximum atomic E-state index is 11.2. The van der Waals surface area contributed by atoms with Crippen LogP contribution < -0.4 is 5.32 Å². The van der Waals surface area contributed by atoms with Crippen molar-refractivity contribution in [2.45, 2.75) is 18.9 Å². The Morgan fingerprint density at radius 1 is 1.06 bits per heavy atom. The first-order valence-electron chi connectivity index (χ1n) is 5.61. The van der Waals surface area contributed by atoms with Crippen molar-refractivity contribution in [2.75, 3.05) is 0 Å². The number of nitrogens with one attached hydrogen (secondary N) is 1. The molecule has 1 atom stereocenters. The minimum Gasteiger partial charge on any atom is -0.349 e. The fourth-order valence-corrected chi connectivity index (χ4v) is 2.29. The Morgan fingerprint density at radius 2 is 1.88 bits per heavy atom. The van der Waals surface area contributed by atoms with Crippen molar-refractivity contribution in [3.8, 4) is 0 Å². The Balaban J connectivity index is 2.02. The van der Waals surface area contributed by atoms with Crippen molar-refractivity contribution < 1.29 is 4.79 Å². The second-order valence-electron chi connectivity index (χ2n) is 4.27. The smallest absolute Gasteiger partial charge is 0.220 e. The Hall–Kier alpha value is -1.83. The highest BCUT2D eigenvalue weighted by Gasteiger charge is 2.21. The lowest BCUT2D eigenvalue weighted by atomic mass is 10.0. The first-order chi connectivity index (χ1) is 7.83. The summed E-state index contributed by atoms with van der Waals surface area (Å²) in [6.45, 7) is 0. The van der Waals surface area contributed by atoms with E-state index in [1.165, 1.54) is 16.3 Å². The van der Waals surface area contributed by atoms with Crippen LogP contribution >= 0.6 is 0 Å². The minimum atomic E-state index is 0.165. The third-order valence-electron chi connectivity index (χ3n) is 3.17. The summed E-state index contributed by atoms with van der Waals surface area (Å²) in [6, 6.07) is 14.9. The molecule has 1 fully saturated rings. The van der Waals surface area contributed by atoms with Crippen LogP contribution in [-0.2, 0) is 4.79 Å². The van der Waals surface area contributed by atoms with E-state index in [0.29, 0.717) is 6.42 Å². The zero-order valence-electron chi connectivity index (χ0n) is 8.94. The summed E-state index contributed by atoms with van der Waals surface area (Å²) in [5.74, 6) is 0.165. The molecule has 2 nitrogen and oxygen atoms in total. The van der Waals surface area contributed by atoms with Gasteiger partial charge in [0, 0.05) is 6.42 Å². The molecule has 2 aromatic carbocycles. The second-order valence-corrected chi connectivity index (χ2v) is 4.27. The molecule has 1 aliphatic heterocycles. The first kappa shape index (κ1) is 9.40. The van der Waals surface area contributed by atoms with Crippen molar-refractivity contribution in [1.29, 1.82) is 0 Å². The lowest BCUT2D eigenvalue weighted by Gasteiger charge is -2.11. The summed E-state index contributed by atoms with van der Waals surface area (Å²) in [5.41, 5.74) is 1.21. The molecule has 80 valence electrons. The molecule has 0 unspecified atom stereocenters. The van der Waals surface area contributed by atoms with Crippen LogP contribution in [0.15, 0.2) is 42.5 Å². The molecule has 16 heavy (non-hydrogen) atoms. The zero-order chi connectivity index (χ0) is 11.0. The molecule has 0 spiro atoms. The number of fused-ring (bicyclic) bond motifs is 1. The maximum Gasteiger partial charge on any atom is 0.220 e. The van der Waals surface area contributed by atoms with Gasteiger partial charge in [0.15, 0.2) is 0 Å². The molecule has 2 aromatic rings. The van der Waals surface area contributed by atoms with E-state index in [9.17, 15) is 4.79 Å². The predicted octanol–water partition coefficient (Wildman–Crippen LogP) is 2.79. The van der Waals surface area contributed by atoms with E-state index < -0.39 is 0 Å². The van der Waals surface area contributed by atoms with Gasteiger partial charge >= 0.3 is 0 Å².